The summed E-state index contributed by atoms with van der Waals surface area (Å²) in [5.74, 6) is 0.801. The molecule has 0 radical (unpaired) electrons. The standard InChI is InChI=1S/C23H24ClN3O.ClH/c1-14-6-8-27(9-7-14)13-15-2-5-20-16(10-15)11-21(26-20)17-3-4-19(24)18-12-25-23(28)22(17)18;/h2-5,10-11,14,26H,6-9,12-13H2,1H3,(H,25,28);1H. The monoisotopic (exact) mass is 429 g/mol. The van der Waals surface area contributed by atoms with Gasteiger partial charge in [0.1, 0.15) is 0 Å². The first-order valence-corrected chi connectivity index (χ1v) is 10.4. The van der Waals surface area contributed by atoms with Crippen LogP contribution in [0, 0.1) is 5.92 Å². The first-order chi connectivity index (χ1) is 13.6. The maximum Gasteiger partial charge on any atom is 0.252 e. The van der Waals surface area contributed by atoms with Gasteiger partial charge in [-0.1, -0.05) is 30.7 Å². The van der Waals surface area contributed by atoms with E-state index in [0.717, 1.165) is 34.8 Å². The van der Waals surface area contributed by atoms with Crippen LogP contribution in [0.25, 0.3) is 22.2 Å². The zero-order valence-corrected chi connectivity index (χ0v) is 18.0. The molecule has 0 atom stereocenters. The van der Waals surface area contributed by atoms with E-state index in [1.54, 1.807) is 0 Å². The summed E-state index contributed by atoms with van der Waals surface area (Å²) in [6, 6.07) is 12.6. The Morgan fingerprint density at radius 2 is 1.93 bits per heavy atom. The fourth-order valence-electron chi connectivity index (χ4n) is 4.44. The summed E-state index contributed by atoms with van der Waals surface area (Å²) in [7, 11) is 0. The van der Waals surface area contributed by atoms with Gasteiger partial charge in [-0.3, -0.25) is 9.69 Å². The van der Waals surface area contributed by atoms with Crippen LogP contribution < -0.4 is 5.32 Å². The predicted octanol–water partition coefficient (Wildman–Crippen LogP) is 5.39. The van der Waals surface area contributed by atoms with Gasteiger partial charge in [0.15, 0.2) is 0 Å². The molecule has 152 valence electrons. The Kier molecular flexibility index (Phi) is 5.60. The van der Waals surface area contributed by atoms with Crippen molar-refractivity contribution in [2.45, 2.75) is 32.9 Å². The Balaban J connectivity index is 0.00000205. The second-order valence-electron chi connectivity index (χ2n) is 8.19. The minimum atomic E-state index is -0.0498. The first kappa shape index (κ1) is 20.3. The van der Waals surface area contributed by atoms with Gasteiger partial charge >= 0.3 is 0 Å². The molecular formula is C23H25Cl2N3O. The molecule has 0 unspecified atom stereocenters. The first-order valence-electron chi connectivity index (χ1n) is 10.0. The highest BCUT2D eigenvalue weighted by molar-refractivity contribution is 6.32. The van der Waals surface area contributed by atoms with E-state index in [0.29, 0.717) is 17.1 Å². The highest BCUT2D eigenvalue weighted by Gasteiger charge is 2.26. The number of benzene rings is 2. The average molecular weight is 430 g/mol. The van der Waals surface area contributed by atoms with Gasteiger partial charge in [0.05, 0.1) is 5.56 Å². The Hall–Kier alpha value is -2.01. The summed E-state index contributed by atoms with van der Waals surface area (Å²) < 4.78 is 0. The largest absolute Gasteiger partial charge is 0.355 e. The maximum atomic E-state index is 12.3. The molecule has 3 aromatic rings. The molecule has 1 aromatic heterocycles. The van der Waals surface area contributed by atoms with Crippen molar-refractivity contribution in [2.75, 3.05) is 13.1 Å². The molecule has 5 rings (SSSR count). The van der Waals surface area contributed by atoms with Gasteiger partial charge in [0, 0.05) is 45.8 Å². The van der Waals surface area contributed by atoms with E-state index in [1.165, 1.54) is 36.9 Å². The van der Waals surface area contributed by atoms with Gasteiger partial charge in [0.2, 0.25) is 0 Å². The quantitative estimate of drug-likeness (QED) is 0.586. The number of aromatic nitrogens is 1. The van der Waals surface area contributed by atoms with Crippen molar-refractivity contribution < 1.29 is 4.79 Å². The van der Waals surface area contributed by atoms with Gasteiger partial charge in [-0.2, -0.15) is 0 Å². The number of piperidine rings is 1. The molecular weight excluding hydrogens is 405 g/mol. The molecule has 0 spiro atoms. The van der Waals surface area contributed by atoms with Gasteiger partial charge in [-0.25, -0.2) is 0 Å². The molecule has 1 fully saturated rings. The minimum absolute atomic E-state index is 0. The van der Waals surface area contributed by atoms with Crippen LogP contribution >= 0.6 is 24.0 Å². The second-order valence-corrected chi connectivity index (χ2v) is 8.60. The van der Waals surface area contributed by atoms with E-state index in [4.69, 9.17) is 11.6 Å². The highest BCUT2D eigenvalue weighted by Crippen LogP contribution is 2.35. The summed E-state index contributed by atoms with van der Waals surface area (Å²) in [5.41, 5.74) is 5.89. The normalized spacial score (nSPS) is 17.2. The molecule has 0 bridgehead atoms. The molecule has 4 nitrogen and oxygen atoms in total. The Morgan fingerprint density at radius 1 is 1.14 bits per heavy atom. The van der Waals surface area contributed by atoms with E-state index in [1.807, 2.05) is 12.1 Å². The molecule has 2 aliphatic heterocycles. The number of H-pyrrole nitrogens is 1. The van der Waals surface area contributed by atoms with Gasteiger partial charge in [-0.15, -0.1) is 12.4 Å². The van der Waals surface area contributed by atoms with Crippen LogP contribution in [0.15, 0.2) is 36.4 Å². The van der Waals surface area contributed by atoms with E-state index >= 15 is 0 Å². The van der Waals surface area contributed by atoms with E-state index < -0.39 is 0 Å². The number of fused-ring (bicyclic) bond motifs is 2. The Labute approximate surface area is 182 Å². The zero-order chi connectivity index (χ0) is 19.3. The Morgan fingerprint density at radius 3 is 2.72 bits per heavy atom. The maximum absolute atomic E-state index is 12.3. The number of halogens is 2. The molecule has 29 heavy (non-hydrogen) atoms. The highest BCUT2D eigenvalue weighted by atomic mass is 35.5. The zero-order valence-electron chi connectivity index (χ0n) is 16.4. The lowest BCUT2D eigenvalue weighted by Crippen LogP contribution is -2.32. The van der Waals surface area contributed by atoms with E-state index in [2.05, 4.69) is 46.4 Å². The van der Waals surface area contributed by atoms with E-state index in [-0.39, 0.29) is 18.3 Å². The number of aromatic amines is 1. The molecule has 2 aromatic carbocycles. The fraction of sp³-hybridized carbons (Fsp3) is 0.348. The molecule has 0 saturated carbocycles. The number of rotatable bonds is 3. The molecule has 1 amide bonds. The van der Waals surface area contributed by atoms with Crippen molar-refractivity contribution in [3.63, 3.8) is 0 Å². The number of hydrogen-bond acceptors (Lipinski definition) is 2. The predicted molar refractivity (Wildman–Crippen MR) is 121 cm³/mol. The second kappa shape index (κ2) is 8.02. The number of nitrogens with zero attached hydrogens (tertiary/aromatic N) is 1. The van der Waals surface area contributed by atoms with Gasteiger partial charge < -0.3 is 10.3 Å². The smallest absolute Gasteiger partial charge is 0.252 e. The lowest BCUT2D eigenvalue weighted by Gasteiger charge is -2.30. The van der Waals surface area contributed by atoms with E-state index in [9.17, 15) is 4.79 Å². The van der Waals surface area contributed by atoms with Crippen molar-refractivity contribution in [3.8, 4) is 11.3 Å². The molecule has 3 heterocycles. The lowest BCUT2D eigenvalue weighted by molar-refractivity contribution is 0.0966. The van der Waals surface area contributed by atoms with Crippen LogP contribution in [0.4, 0.5) is 0 Å². The summed E-state index contributed by atoms with van der Waals surface area (Å²) in [6.45, 7) is 6.22. The minimum Gasteiger partial charge on any atom is -0.355 e. The number of hydrogen-bond donors (Lipinski definition) is 2. The van der Waals surface area contributed by atoms with Crippen molar-refractivity contribution in [2.24, 2.45) is 5.92 Å². The number of carbonyl (C=O) groups is 1. The lowest BCUT2D eigenvalue weighted by atomic mass is 9.98. The fourth-order valence-corrected chi connectivity index (χ4v) is 4.66. The third kappa shape index (κ3) is 3.77. The molecule has 2 aliphatic rings. The molecule has 0 aliphatic carbocycles. The van der Waals surface area contributed by atoms with Crippen molar-refractivity contribution in [1.82, 2.24) is 15.2 Å². The summed E-state index contributed by atoms with van der Waals surface area (Å²) in [6.07, 6.45) is 2.58. The summed E-state index contributed by atoms with van der Waals surface area (Å²) in [4.78, 5) is 18.4. The van der Waals surface area contributed by atoms with Crippen molar-refractivity contribution in [3.05, 3.63) is 58.1 Å². The third-order valence-electron chi connectivity index (χ3n) is 6.17. The number of amides is 1. The van der Waals surface area contributed by atoms with Crippen LogP contribution in [-0.2, 0) is 13.1 Å². The van der Waals surface area contributed by atoms with Gasteiger partial charge in [0.25, 0.3) is 5.91 Å². The van der Waals surface area contributed by atoms with Gasteiger partial charge in [-0.05, 0) is 61.7 Å². The topological polar surface area (TPSA) is 48.1 Å². The van der Waals surface area contributed by atoms with Crippen LogP contribution in [0.1, 0.15) is 41.3 Å². The van der Waals surface area contributed by atoms with Crippen LogP contribution in [0.3, 0.4) is 0 Å². The van der Waals surface area contributed by atoms with Crippen LogP contribution in [-0.4, -0.2) is 28.9 Å². The molecule has 1 saturated heterocycles. The number of nitrogens with one attached hydrogen (secondary N) is 2. The number of likely N-dealkylation sites (tertiary alicyclic amines) is 1. The third-order valence-corrected chi connectivity index (χ3v) is 6.52. The molecule has 2 N–H and O–H groups in total. The average Bonchev–Trinajstić information content (AvgIpc) is 3.28. The van der Waals surface area contributed by atoms with Crippen LogP contribution in [0.2, 0.25) is 5.02 Å². The number of carbonyl (C=O) groups excluding carboxylic acids is 1. The van der Waals surface area contributed by atoms with Crippen LogP contribution in [0.5, 0.6) is 0 Å². The summed E-state index contributed by atoms with van der Waals surface area (Å²) >= 11 is 6.29. The SMILES string of the molecule is CC1CCN(Cc2ccc3[nH]c(-c4ccc(Cl)c5c4C(=O)NC5)cc3c2)CC1.Cl. The van der Waals surface area contributed by atoms with Crippen molar-refractivity contribution >= 4 is 40.8 Å². The molecule has 6 heteroatoms. The van der Waals surface area contributed by atoms with Crippen molar-refractivity contribution in [1.29, 1.82) is 0 Å². The summed E-state index contributed by atoms with van der Waals surface area (Å²) in [5, 5.41) is 4.71. The Bertz CT molecular complexity index is 1070.